The van der Waals surface area contributed by atoms with E-state index >= 15 is 0 Å². The van der Waals surface area contributed by atoms with Crippen LogP contribution in [0.5, 0.6) is 0 Å². The molecule has 1 aromatic heterocycles. The molecule has 0 spiro atoms. The molecule has 2 rings (SSSR count). The lowest BCUT2D eigenvalue weighted by atomic mass is 10.2. The maximum Gasteiger partial charge on any atom is 0.410 e. The van der Waals surface area contributed by atoms with E-state index in [1.54, 1.807) is 30.6 Å². The van der Waals surface area contributed by atoms with Crippen LogP contribution in [0.25, 0.3) is 0 Å². The lowest BCUT2D eigenvalue weighted by molar-refractivity contribution is 0.0158. The Balaban J connectivity index is 2.08. The van der Waals surface area contributed by atoms with Crippen LogP contribution in [0.15, 0.2) is 12.3 Å². The molecule has 1 aliphatic heterocycles. The van der Waals surface area contributed by atoms with Crippen molar-refractivity contribution in [1.82, 2.24) is 9.88 Å². The molecule has 24 heavy (non-hydrogen) atoms. The second-order valence-corrected chi connectivity index (χ2v) is 6.80. The normalized spacial score (nSPS) is 18.5. The molecule has 1 saturated heterocycles. The van der Waals surface area contributed by atoms with E-state index in [0.29, 0.717) is 19.6 Å². The quantitative estimate of drug-likeness (QED) is 0.891. The summed E-state index contributed by atoms with van der Waals surface area (Å²) in [5.41, 5.74) is -0.773. The van der Waals surface area contributed by atoms with Gasteiger partial charge in [0.1, 0.15) is 5.60 Å². The summed E-state index contributed by atoms with van der Waals surface area (Å²) >= 11 is 0. The number of hydrogen-bond acceptors (Lipinski definition) is 5. The molecular weight excluding hydrogens is 317 g/mol. The number of nitrogens with zero attached hydrogens (tertiary/aromatic N) is 3. The SMILES string of the molecule is C[C@@H]1CN(c2ncc(C(=O)O)cc2F)CCN1C(=O)OC(C)(C)C. The van der Waals surface area contributed by atoms with Gasteiger partial charge < -0.3 is 19.6 Å². The van der Waals surface area contributed by atoms with E-state index in [1.807, 2.05) is 6.92 Å². The molecule has 1 atom stereocenters. The van der Waals surface area contributed by atoms with Crippen molar-refractivity contribution in [1.29, 1.82) is 0 Å². The van der Waals surface area contributed by atoms with Gasteiger partial charge in [-0.1, -0.05) is 0 Å². The number of aromatic nitrogens is 1. The molecular formula is C16H22FN3O4. The number of anilines is 1. The third-order valence-electron chi connectivity index (χ3n) is 3.62. The van der Waals surface area contributed by atoms with Crippen LogP contribution in [0.4, 0.5) is 15.0 Å². The molecule has 0 bridgehead atoms. The molecule has 1 N–H and O–H groups in total. The van der Waals surface area contributed by atoms with Gasteiger partial charge in [0, 0.05) is 31.9 Å². The van der Waals surface area contributed by atoms with Crippen molar-refractivity contribution in [3.8, 4) is 0 Å². The Bertz CT molecular complexity index is 645. The summed E-state index contributed by atoms with van der Waals surface area (Å²) in [5.74, 6) is -1.82. The predicted molar refractivity (Wildman–Crippen MR) is 85.8 cm³/mol. The van der Waals surface area contributed by atoms with E-state index in [0.717, 1.165) is 12.3 Å². The number of carboxylic acid groups (broad SMARTS) is 1. The molecule has 0 radical (unpaired) electrons. The van der Waals surface area contributed by atoms with Crippen LogP contribution in [0.1, 0.15) is 38.1 Å². The van der Waals surface area contributed by atoms with Gasteiger partial charge >= 0.3 is 12.1 Å². The zero-order valence-corrected chi connectivity index (χ0v) is 14.2. The molecule has 1 aliphatic rings. The maximum atomic E-state index is 14.1. The first kappa shape index (κ1) is 18.0. The van der Waals surface area contributed by atoms with Gasteiger partial charge in [-0.25, -0.2) is 19.0 Å². The Morgan fingerprint density at radius 3 is 2.54 bits per heavy atom. The Morgan fingerprint density at radius 2 is 2.04 bits per heavy atom. The molecule has 2 heterocycles. The number of amides is 1. The highest BCUT2D eigenvalue weighted by molar-refractivity contribution is 5.87. The Kier molecular flexibility index (Phi) is 4.96. The van der Waals surface area contributed by atoms with Gasteiger partial charge in [0.25, 0.3) is 0 Å². The van der Waals surface area contributed by atoms with Crippen molar-refractivity contribution in [2.45, 2.75) is 39.3 Å². The number of pyridine rings is 1. The molecule has 1 amide bonds. The molecule has 7 nitrogen and oxygen atoms in total. The van der Waals surface area contributed by atoms with Crippen LogP contribution in [0, 0.1) is 5.82 Å². The minimum atomic E-state index is -1.23. The average molecular weight is 339 g/mol. The molecule has 0 saturated carbocycles. The standard InChI is InChI=1S/C16H22FN3O4/c1-10-9-19(5-6-20(10)15(23)24-16(2,3)4)13-12(17)7-11(8-18-13)14(21)22/h7-8,10H,5-6,9H2,1-4H3,(H,21,22)/t10-/m1/s1. The van der Waals surface area contributed by atoms with Gasteiger partial charge in [0.2, 0.25) is 0 Å². The second-order valence-electron chi connectivity index (χ2n) is 6.80. The maximum absolute atomic E-state index is 14.1. The Morgan fingerprint density at radius 1 is 1.38 bits per heavy atom. The molecule has 8 heteroatoms. The minimum absolute atomic E-state index is 0.0932. The zero-order valence-electron chi connectivity index (χ0n) is 14.2. The van der Waals surface area contributed by atoms with Gasteiger partial charge in [0.05, 0.1) is 5.56 Å². The minimum Gasteiger partial charge on any atom is -0.478 e. The first-order valence-electron chi connectivity index (χ1n) is 7.72. The number of carboxylic acids is 1. The molecule has 1 aromatic rings. The van der Waals surface area contributed by atoms with E-state index < -0.39 is 23.5 Å². The lowest BCUT2D eigenvalue weighted by Gasteiger charge is -2.40. The smallest absolute Gasteiger partial charge is 0.410 e. The number of ether oxygens (including phenoxy) is 1. The van der Waals surface area contributed by atoms with Crippen molar-refractivity contribution >= 4 is 17.9 Å². The van der Waals surface area contributed by atoms with Crippen molar-refractivity contribution in [3.63, 3.8) is 0 Å². The van der Waals surface area contributed by atoms with Gasteiger partial charge in [0.15, 0.2) is 11.6 Å². The van der Waals surface area contributed by atoms with E-state index in [1.165, 1.54) is 0 Å². The fourth-order valence-electron chi connectivity index (χ4n) is 2.52. The van der Waals surface area contributed by atoms with Gasteiger partial charge in [-0.2, -0.15) is 0 Å². The van der Waals surface area contributed by atoms with Crippen molar-refractivity contribution in [2.24, 2.45) is 0 Å². The summed E-state index contributed by atoms with van der Waals surface area (Å²) in [6.07, 6.45) is 0.732. The van der Waals surface area contributed by atoms with Gasteiger partial charge in [-0.05, 0) is 33.8 Å². The van der Waals surface area contributed by atoms with E-state index in [-0.39, 0.29) is 17.4 Å². The number of rotatable bonds is 2. The van der Waals surface area contributed by atoms with Gasteiger partial charge in [-0.15, -0.1) is 0 Å². The van der Waals surface area contributed by atoms with Crippen molar-refractivity contribution < 1.29 is 23.8 Å². The lowest BCUT2D eigenvalue weighted by Crippen LogP contribution is -2.55. The average Bonchev–Trinajstić information content (AvgIpc) is 2.44. The largest absolute Gasteiger partial charge is 0.478 e. The first-order valence-corrected chi connectivity index (χ1v) is 7.72. The molecule has 0 unspecified atom stereocenters. The Hall–Kier alpha value is -2.38. The number of piperazine rings is 1. The van der Waals surface area contributed by atoms with Crippen LogP contribution in [0.3, 0.4) is 0 Å². The molecule has 1 fully saturated rings. The number of aromatic carboxylic acids is 1. The Labute approximate surface area is 140 Å². The number of carbonyl (C=O) groups excluding carboxylic acids is 1. The second kappa shape index (κ2) is 6.62. The fourth-order valence-corrected chi connectivity index (χ4v) is 2.52. The third-order valence-corrected chi connectivity index (χ3v) is 3.62. The summed E-state index contributed by atoms with van der Waals surface area (Å²) in [6, 6.07) is 0.768. The van der Waals surface area contributed by atoms with Gasteiger partial charge in [-0.3, -0.25) is 0 Å². The van der Waals surface area contributed by atoms with Crippen LogP contribution >= 0.6 is 0 Å². The van der Waals surface area contributed by atoms with Crippen molar-refractivity contribution in [3.05, 3.63) is 23.6 Å². The zero-order chi connectivity index (χ0) is 18.1. The summed E-state index contributed by atoms with van der Waals surface area (Å²) < 4.78 is 19.5. The topological polar surface area (TPSA) is 83.0 Å². The van der Waals surface area contributed by atoms with Crippen molar-refractivity contribution in [2.75, 3.05) is 24.5 Å². The first-order chi connectivity index (χ1) is 11.1. The predicted octanol–water partition coefficient (Wildman–Crippen LogP) is 2.36. The number of carbonyl (C=O) groups is 2. The summed E-state index contributed by atoms with van der Waals surface area (Å²) in [4.78, 5) is 30.3. The highest BCUT2D eigenvalue weighted by Crippen LogP contribution is 2.22. The summed E-state index contributed by atoms with van der Waals surface area (Å²) in [5, 5.41) is 8.86. The third kappa shape index (κ3) is 4.12. The molecule has 0 aliphatic carbocycles. The van der Waals surface area contributed by atoms with E-state index in [9.17, 15) is 14.0 Å². The summed E-state index contributed by atoms with van der Waals surface area (Å²) in [6.45, 7) is 8.40. The van der Waals surface area contributed by atoms with E-state index in [4.69, 9.17) is 9.84 Å². The van der Waals surface area contributed by atoms with Crippen LogP contribution < -0.4 is 4.90 Å². The monoisotopic (exact) mass is 339 g/mol. The fraction of sp³-hybridized carbons (Fsp3) is 0.562. The molecule has 132 valence electrons. The van der Waals surface area contributed by atoms with Crippen LogP contribution in [0.2, 0.25) is 0 Å². The highest BCUT2D eigenvalue weighted by Gasteiger charge is 2.32. The number of hydrogen-bond donors (Lipinski definition) is 1. The van der Waals surface area contributed by atoms with E-state index in [2.05, 4.69) is 4.98 Å². The molecule has 0 aromatic carbocycles. The van der Waals surface area contributed by atoms with Crippen LogP contribution in [-0.4, -0.2) is 58.3 Å². The highest BCUT2D eigenvalue weighted by atomic mass is 19.1. The summed E-state index contributed by atoms with van der Waals surface area (Å²) in [7, 11) is 0. The number of halogens is 1. The van der Waals surface area contributed by atoms with Crippen LogP contribution in [-0.2, 0) is 4.74 Å².